The van der Waals surface area contributed by atoms with E-state index < -0.39 is 0 Å². The Hall–Kier alpha value is -1.80. The van der Waals surface area contributed by atoms with Crippen LogP contribution >= 0.6 is 11.5 Å². The van der Waals surface area contributed by atoms with Crippen molar-refractivity contribution >= 4 is 22.6 Å². The van der Waals surface area contributed by atoms with E-state index in [1.54, 1.807) is 13.3 Å². The molecule has 7 nitrogen and oxygen atoms in total. The van der Waals surface area contributed by atoms with E-state index in [9.17, 15) is 4.79 Å². The Morgan fingerprint density at radius 3 is 3.28 bits per heavy atom. The number of amides is 1. The van der Waals surface area contributed by atoms with Gasteiger partial charge in [0, 0.05) is 24.5 Å². The number of imidazole rings is 1. The summed E-state index contributed by atoms with van der Waals surface area (Å²) in [5.74, 6) is 0.571. The molecule has 0 spiro atoms. The van der Waals surface area contributed by atoms with E-state index in [0.29, 0.717) is 23.9 Å². The number of aromatic amines is 1. The maximum atomic E-state index is 12.0. The minimum atomic E-state index is -0.273. The summed E-state index contributed by atoms with van der Waals surface area (Å²) >= 11 is 1.19. The summed E-state index contributed by atoms with van der Waals surface area (Å²) in [5.41, 5.74) is 1.99. The second-order valence-electron chi connectivity index (χ2n) is 4.10. The van der Waals surface area contributed by atoms with Crippen molar-refractivity contribution in [1.82, 2.24) is 24.6 Å². The van der Waals surface area contributed by atoms with Crippen molar-refractivity contribution in [3.8, 4) is 0 Å². The lowest BCUT2D eigenvalue weighted by atomic mass is 10.1. The van der Waals surface area contributed by atoms with Crippen LogP contribution in [0.15, 0.2) is 6.33 Å². The number of hydrogen-bond donors (Lipinski definition) is 3. The quantitative estimate of drug-likeness (QED) is 0.721. The Bertz CT molecular complexity index is 576. The van der Waals surface area contributed by atoms with Crippen LogP contribution < -0.4 is 10.6 Å². The van der Waals surface area contributed by atoms with Crippen LogP contribution in [0.25, 0.3) is 0 Å². The lowest BCUT2D eigenvalue weighted by molar-refractivity contribution is -0.118. The predicted molar refractivity (Wildman–Crippen MR) is 66.2 cm³/mol. The molecule has 1 atom stereocenters. The molecule has 2 aromatic heterocycles. The molecule has 3 N–H and O–H groups in total. The molecular weight excluding hydrogens is 252 g/mol. The molecule has 0 aliphatic carbocycles. The highest BCUT2D eigenvalue weighted by Gasteiger charge is 2.26. The Morgan fingerprint density at radius 2 is 2.50 bits per heavy atom. The molecule has 1 unspecified atom stereocenters. The molecule has 0 saturated heterocycles. The molecule has 8 heteroatoms. The van der Waals surface area contributed by atoms with E-state index in [2.05, 4.69) is 30.0 Å². The molecule has 3 heterocycles. The highest BCUT2D eigenvalue weighted by molar-refractivity contribution is 7.09. The minimum Gasteiger partial charge on any atom is -0.347 e. The summed E-state index contributed by atoms with van der Waals surface area (Å²) in [7, 11) is 0. The van der Waals surface area contributed by atoms with Crippen molar-refractivity contribution in [3.63, 3.8) is 0 Å². The van der Waals surface area contributed by atoms with Crippen LogP contribution in [-0.4, -0.2) is 31.3 Å². The van der Waals surface area contributed by atoms with Crippen molar-refractivity contribution in [2.45, 2.75) is 25.9 Å². The number of aryl methyl sites for hydroxylation is 1. The van der Waals surface area contributed by atoms with Crippen LogP contribution in [0, 0.1) is 6.92 Å². The van der Waals surface area contributed by atoms with Crippen molar-refractivity contribution in [3.05, 3.63) is 23.5 Å². The lowest BCUT2D eigenvalue weighted by Gasteiger charge is -2.21. The zero-order chi connectivity index (χ0) is 12.5. The number of nitrogens with one attached hydrogen (secondary N) is 3. The minimum absolute atomic E-state index is 0.0974. The summed E-state index contributed by atoms with van der Waals surface area (Å²) in [4.78, 5) is 23.4. The normalized spacial score (nSPS) is 18.4. The van der Waals surface area contributed by atoms with E-state index in [-0.39, 0.29) is 11.9 Å². The number of aromatic nitrogens is 4. The molecule has 0 saturated carbocycles. The summed E-state index contributed by atoms with van der Waals surface area (Å²) in [6.45, 7) is 2.42. The molecule has 1 aliphatic heterocycles. The van der Waals surface area contributed by atoms with Gasteiger partial charge in [0.2, 0.25) is 11.0 Å². The SMILES string of the molecule is Cc1nsc(NC(=O)C2Cc3nc[nH]c3CN2)n1. The van der Waals surface area contributed by atoms with Gasteiger partial charge >= 0.3 is 0 Å². The first kappa shape index (κ1) is 11.3. The fourth-order valence-corrected chi connectivity index (χ4v) is 2.47. The number of carbonyl (C=O) groups is 1. The summed E-state index contributed by atoms with van der Waals surface area (Å²) < 4.78 is 4.02. The van der Waals surface area contributed by atoms with E-state index >= 15 is 0 Å². The van der Waals surface area contributed by atoms with Gasteiger partial charge in [-0.25, -0.2) is 9.97 Å². The molecule has 94 valence electrons. The van der Waals surface area contributed by atoms with E-state index in [0.717, 1.165) is 11.4 Å². The van der Waals surface area contributed by atoms with Gasteiger partial charge in [-0.05, 0) is 6.92 Å². The third-order valence-electron chi connectivity index (χ3n) is 2.80. The van der Waals surface area contributed by atoms with Gasteiger partial charge in [0.05, 0.1) is 23.8 Å². The number of H-pyrrole nitrogens is 1. The van der Waals surface area contributed by atoms with Crippen molar-refractivity contribution < 1.29 is 4.79 Å². The topological polar surface area (TPSA) is 95.6 Å². The molecule has 3 rings (SSSR count). The van der Waals surface area contributed by atoms with Crippen molar-refractivity contribution in [1.29, 1.82) is 0 Å². The third kappa shape index (κ3) is 2.12. The van der Waals surface area contributed by atoms with Crippen LogP contribution in [0.2, 0.25) is 0 Å². The summed E-state index contributed by atoms with van der Waals surface area (Å²) in [5, 5.41) is 6.46. The van der Waals surface area contributed by atoms with Gasteiger partial charge in [0.15, 0.2) is 0 Å². The molecule has 0 aromatic carbocycles. The van der Waals surface area contributed by atoms with Gasteiger partial charge in [0.1, 0.15) is 5.82 Å². The Labute approximate surface area is 107 Å². The summed E-state index contributed by atoms with van der Waals surface area (Å²) in [6, 6.07) is -0.273. The molecule has 0 bridgehead atoms. The first-order valence-corrected chi connectivity index (χ1v) is 6.35. The standard InChI is InChI=1S/C10H12N6OS/c1-5-14-10(18-16-5)15-9(17)7-2-6-8(3-11-7)13-4-12-6/h4,7,11H,2-3H2,1H3,(H,12,13)(H,14,15,16,17). The smallest absolute Gasteiger partial charge is 0.243 e. The molecule has 2 aromatic rings. The number of hydrogen-bond acceptors (Lipinski definition) is 6. The van der Waals surface area contributed by atoms with Gasteiger partial charge in [-0.2, -0.15) is 4.37 Å². The monoisotopic (exact) mass is 264 g/mol. The van der Waals surface area contributed by atoms with Crippen LogP contribution in [0.5, 0.6) is 0 Å². The average molecular weight is 264 g/mol. The van der Waals surface area contributed by atoms with E-state index in [4.69, 9.17) is 0 Å². The first-order chi connectivity index (χ1) is 8.72. The number of rotatable bonds is 2. The van der Waals surface area contributed by atoms with Gasteiger partial charge in [-0.15, -0.1) is 0 Å². The molecule has 1 aliphatic rings. The van der Waals surface area contributed by atoms with Gasteiger partial charge in [-0.3, -0.25) is 15.4 Å². The van der Waals surface area contributed by atoms with Crippen LogP contribution in [-0.2, 0) is 17.8 Å². The molecule has 0 fully saturated rings. The highest BCUT2D eigenvalue weighted by atomic mass is 32.1. The van der Waals surface area contributed by atoms with Gasteiger partial charge in [-0.1, -0.05) is 0 Å². The molecule has 18 heavy (non-hydrogen) atoms. The van der Waals surface area contributed by atoms with Crippen molar-refractivity contribution in [2.75, 3.05) is 5.32 Å². The third-order valence-corrected chi connectivity index (χ3v) is 3.53. The maximum Gasteiger partial charge on any atom is 0.243 e. The summed E-state index contributed by atoms with van der Waals surface area (Å²) in [6.07, 6.45) is 2.24. The Kier molecular flexibility index (Phi) is 2.80. The van der Waals surface area contributed by atoms with Crippen LogP contribution in [0.4, 0.5) is 5.13 Å². The number of nitrogens with zero attached hydrogens (tertiary/aromatic N) is 3. The Balaban J connectivity index is 1.67. The zero-order valence-corrected chi connectivity index (χ0v) is 10.5. The van der Waals surface area contributed by atoms with Gasteiger partial charge in [0.25, 0.3) is 0 Å². The second kappa shape index (κ2) is 4.46. The van der Waals surface area contributed by atoms with E-state index in [1.165, 1.54) is 11.5 Å². The maximum absolute atomic E-state index is 12.0. The van der Waals surface area contributed by atoms with E-state index in [1.807, 2.05) is 0 Å². The second-order valence-corrected chi connectivity index (χ2v) is 4.85. The fourth-order valence-electron chi connectivity index (χ4n) is 1.89. The highest BCUT2D eigenvalue weighted by Crippen LogP contribution is 2.15. The van der Waals surface area contributed by atoms with Crippen LogP contribution in [0.3, 0.4) is 0 Å². The van der Waals surface area contributed by atoms with Crippen molar-refractivity contribution in [2.24, 2.45) is 0 Å². The number of carbonyl (C=O) groups excluding carboxylic acids is 1. The zero-order valence-electron chi connectivity index (χ0n) is 9.73. The first-order valence-electron chi connectivity index (χ1n) is 5.58. The van der Waals surface area contributed by atoms with Gasteiger partial charge < -0.3 is 4.98 Å². The Morgan fingerprint density at radius 1 is 1.61 bits per heavy atom. The predicted octanol–water partition coefficient (Wildman–Crippen LogP) is 0.223. The lowest BCUT2D eigenvalue weighted by Crippen LogP contribution is -2.44. The average Bonchev–Trinajstić information content (AvgIpc) is 2.96. The van der Waals surface area contributed by atoms with Crippen LogP contribution in [0.1, 0.15) is 17.2 Å². The molecule has 1 amide bonds. The largest absolute Gasteiger partial charge is 0.347 e. The number of anilines is 1. The molecule has 0 radical (unpaired) electrons. The fraction of sp³-hybridized carbons (Fsp3) is 0.400. The number of fused-ring (bicyclic) bond motifs is 1. The molecular formula is C10H12N6OS.